The van der Waals surface area contributed by atoms with Crippen molar-refractivity contribution in [3.05, 3.63) is 106 Å². The number of carbonyl (C=O) groups excluding carboxylic acids is 2. The number of carbonyl (C=O) groups is 2. The fourth-order valence-corrected chi connectivity index (χ4v) is 4.89. The molecule has 0 aliphatic carbocycles. The van der Waals surface area contributed by atoms with E-state index in [1.165, 1.54) is 17.0 Å². The molecule has 4 rings (SSSR count). The molecule has 5 nitrogen and oxygen atoms in total. The van der Waals surface area contributed by atoms with Crippen LogP contribution >= 0.6 is 23.4 Å². The Morgan fingerprint density at radius 2 is 1.82 bits per heavy atom. The zero-order chi connectivity index (χ0) is 23.4. The lowest BCUT2D eigenvalue weighted by atomic mass is 10.1. The average Bonchev–Trinajstić information content (AvgIpc) is 3.12. The Morgan fingerprint density at radius 1 is 1.09 bits per heavy atom. The van der Waals surface area contributed by atoms with E-state index in [0.717, 1.165) is 17.3 Å². The van der Waals surface area contributed by atoms with Crippen LogP contribution < -0.4 is 10.2 Å². The Labute approximate surface area is 199 Å². The summed E-state index contributed by atoms with van der Waals surface area (Å²) in [6, 6.07) is 23.3. The second kappa shape index (κ2) is 9.90. The maximum atomic E-state index is 13.4. The number of amides is 2. The van der Waals surface area contributed by atoms with Gasteiger partial charge in [-0.1, -0.05) is 59.8 Å². The number of anilines is 2. The van der Waals surface area contributed by atoms with Gasteiger partial charge in [-0.2, -0.15) is 5.26 Å². The van der Waals surface area contributed by atoms with E-state index >= 15 is 0 Å². The Bertz CT molecular complexity index is 1270. The minimum atomic E-state index is -0.640. The first-order valence-electron chi connectivity index (χ1n) is 9.97. The van der Waals surface area contributed by atoms with Gasteiger partial charge in [-0.3, -0.25) is 14.5 Å². The summed E-state index contributed by atoms with van der Waals surface area (Å²) in [7, 11) is 0. The number of hydrogen-bond acceptors (Lipinski definition) is 4. The maximum absolute atomic E-state index is 13.4. The van der Waals surface area contributed by atoms with Crippen molar-refractivity contribution in [2.45, 2.75) is 11.7 Å². The van der Waals surface area contributed by atoms with Crippen LogP contribution in [0.4, 0.5) is 15.8 Å². The monoisotopic (exact) mass is 477 g/mol. The van der Waals surface area contributed by atoms with Crippen molar-refractivity contribution in [1.29, 1.82) is 5.26 Å². The Morgan fingerprint density at radius 3 is 2.48 bits per heavy atom. The van der Waals surface area contributed by atoms with Gasteiger partial charge in [0.15, 0.2) is 0 Å². The van der Waals surface area contributed by atoms with E-state index in [-0.39, 0.29) is 22.3 Å². The van der Waals surface area contributed by atoms with Crippen molar-refractivity contribution in [3.63, 3.8) is 0 Å². The summed E-state index contributed by atoms with van der Waals surface area (Å²) < 4.78 is 13.3. The summed E-state index contributed by atoms with van der Waals surface area (Å²) in [5, 5.41) is 12.6. The summed E-state index contributed by atoms with van der Waals surface area (Å²) in [5.41, 5.74) is 1.58. The van der Waals surface area contributed by atoms with E-state index in [4.69, 9.17) is 11.6 Å². The highest BCUT2D eigenvalue weighted by molar-refractivity contribution is 8.05. The molecular formula is C25H17ClFN3O2S. The first-order chi connectivity index (χ1) is 16.0. The van der Waals surface area contributed by atoms with Gasteiger partial charge in [0.25, 0.3) is 5.91 Å². The summed E-state index contributed by atoms with van der Waals surface area (Å²) in [6.07, 6.45) is 0.325. The third kappa shape index (κ3) is 5.08. The molecule has 1 heterocycles. The summed E-state index contributed by atoms with van der Waals surface area (Å²) in [5.74, 6) is -1.26. The lowest BCUT2D eigenvalue weighted by molar-refractivity contribution is -0.117. The molecule has 1 N–H and O–H groups in total. The van der Waals surface area contributed by atoms with Crippen LogP contribution in [0.15, 0.2) is 89.5 Å². The number of nitrogens with zero attached hydrogens (tertiary/aromatic N) is 2. The lowest BCUT2D eigenvalue weighted by Crippen LogP contribution is -2.30. The first kappa shape index (κ1) is 22.6. The van der Waals surface area contributed by atoms with Gasteiger partial charge in [0, 0.05) is 16.4 Å². The second-order valence-electron chi connectivity index (χ2n) is 7.20. The lowest BCUT2D eigenvalue weighted by Gasteiger charge is -2.18. The molecule has 1 aliphatic heterocycles. The van der Waals surface area contributed by atoms with Crippen LogP contribution in [-0.4, -0.2) is 17.1 Å². The molecule has 164 valence electrons. The van der Waals surface area contributed by atoms with Crippen LogP contribution in [0.3, 0.4) is 0 Å². The molecule has 8 heteroatoms. The number of benzene rings is 3. The summed E-state index contributed by atoms with van der Waals surface area (Å²) >= 11 is 7.14. The molecule has 0 bridgehead atoms. The predicted octanol–water partition coefficient (Wildman–Crippen LogP) is 5.54. The van der Waals surface area contributed by atoms with Crippen molar-refractivity contribution in [2.75, 3.05) is 10.2 Å². The van der Waals surface area contributed by atoms with Crippen molar-refractivity contribution in [1.82, 2.24) is 0 Å². The van der Waals surface area contributed by atoms with Gasteiger partial charge in [-0.25, -0.2) is 4.39 Å². The third-order valence-electron chi connectivity index (χ3n) is 4.94. The largest absolute Gasteiger partial charge is 0.321 e. The van der Waals surface area contributed by atoms with E-state index in [9.17, 15) is 19.2 Å². The van der Waals surface area contributed by atoms with Crippen molar-refractivity contribution >= 4 is 46.6 Å². The van der Waals surface area contributed by atoms with Crippen LogP contribution in [0, 0.1) is 17.1 Å². The van der Waals surface area contributed by atoms with Crippen LogP contribution in [0.5, 0.6) is 0 Å². The molecule has 1 fully saturated rings. The normalized spacial score (nSPS) is 16.9. The highest BCUT2D eigenvalue weighted by Crippen LogP contribution is 2.42. The van der Waals surface area contributed by atoms with Crippen molar-refractivity contribution < 1.29 is 14.0 Å². The number of nitriles is 1. The molecule has 0 spiro atoms. The number of nitrogens with one attached hydrogen (secondary N) is 1. The molecule has 2 amide bonds. The zero-order valence-electron chi connectivity index (χ0n) is 17.2. The Hall–Kier alpha value is -3.60. The smallest absolute Gasteiger partial charge is 0.269 e. The first-order valence-corrected chi connectivity index (χ1v) is 11.2. The second-order valence-corrected chi connectivity index (χ2v) is 8.83. The fraction of sp³-hybridized carbons (Fsp3) is 0.0800. The van der Waals surface area contributed by atoms with Gasteiger partial charge in [0.2, 0.25) is 5.91 Å². The van der Waals surface area contributed by atoms with Gasteiger partial charge in [-0.05, 0) is 54.4 Å². The van der Waals surface area contributed by atoms with E-state index in [1.807, 2.05) is 12.1 Å². The summed E-state index contributed by atoms with van der Waals surface area (Å²) in [6.45, 7) is 0. The molecule has 3 aromatic rings. The molecule has 0 radical (unpaired) electrons. The predicted molar refractivity (Wildman–Crippen MR) is 128 cm³/mol. The highest BCUT2D eigenvalue weighted by Gasteiger charge is 2.40. The van der Waals surface area contributed by atoms with Gasteiger partial charge in [-0.15, -0.1) is 0 Å². The van der Waals surface area contributed by atoms with Gasteiger partial charge >= 0.3 is 0 Å². The molecule has 1 aliphatic rings. The fourth-order valence-electron chi connectivity index (χ4n) is 3.39. The van der Waals surface area contributed by atoms with Gasteiger partial charge in [0.1, 0.15) is 22.5 Å². The Balaban J connectivity index is 1.71. The number of hydrogen-bond donors (Lipinski definition) is 1. The quantitative estimate of drug-likeness (QED) is 0.386. The number of rotatable bonds is 5. The minimum absolute atomic E-state index is 0.182. The topological polar surface area (TPSA) is 73.2 Å². The SMILES string of the molecule is N#CC(C(=O)Nc1cccc(Cl)c1)=C1SC(Cc2ccc(F)cc2)C(=O)N1c1ccccc1. The number of halogens is 2. The highest BCUT2D eigenvalue weighted by atomic mass is 35.5. The molecule has 0 aromatic heterocycles. The maximum Gasteiger partial charge on any atom is 0.269 e. The molecule has 1 saturated heterocycles. The van der Waals surface area contributed by atoms with E-state index in [0.29, 0.717) is 22.8 Å². The number of para-hydroxylation sites is 1. The molecule has 33 heavy (non-hydrogen) atoms. The third-order valence-corrected chi connectivity index (χ3v) is 6.43. The molecule has 3 aromatic carbocycles. The molecule has 0 saturated carbocycles. The van der Waals surface area contributed by atoms with Crippen LogP contribution in [0.1, 0.15) is 5.56 Å². The van der Waals surface area contributed by atoms with Crippen molar-refractivity contribution in [3.8, 4) is 6.07 Å². The molecule has 1 atom stereocenters. The van der Waals surface area contributed by atoms with Crippen LogP contribution in [0.2, 0.25) is 5.02 Å². The minimum Gasteiger partial charge on any atom is -0.321 e. The van der Waals surface area contributed by atoms with Gasteiger partial charge < -0.3 is 5.32 Å². The molecular weight excluding hydrogens is 461 g/mol. The van der Waals surface area contributed by atoms with Crippen molar-refractivity contribution in [2.24, 2.45) is 0 Å². The number of thioether (sulfide) groups is 1. The Kier molecular flexibility index (Phi) is 6.78. The van der Waals surface area contributed by atoms with E-state index in [1.54, 1.807) is 60.7 Å². The molecule has 1 unspecified atom stereocenters. The summed E-state index contributed by atoms with van der Waals surface area (Å²) in [4.78, 5) is 27.8. The van der Waals surface area contributed by atoms with Gasteiger partial charge in [0.05, 0.1) is 5.25 Å². The van der Waals surface area contributed by atoms with E-state index in [2.05, 4.69) is 5.32 Å². The average molecular weight is 478 g/mol. The van der Waals surface area contributed by atoms with E-state index < -0.39 is 11.2 Å². The zero-order valence-corrected chi connectivity index (χ0v) is 18.7. The van der Waals surface area contributed by atoms with Crippen LogP contribution in [0.25, 0.3) is 0 Å². The van der Waals surface area contributed by atoms with Crippen LogP contribution in [-0.2, 0) is 16.0 Å². The standard InChI is InChI=1S/C25H17ClFN3O2S/c26-17-5-4-6-19(14-17)29-23(31)21(15-28)25-30(20-7-2-1-3-8-20)24(32)22(33-25)13-16-9-11-18(27)12-10-16/h1-12,14,22H,13H2,(H,29,31).